The smallest absolute Gasteiger partial charge is 0.319 e. The molecule has 8 nitrogen and oxygen atoms in total. The number of urea groups is 1. The number of carbonyl (C=O) groups excluding carboxylic acids is 2. The average molecular weight is 590 g/mol. The van der Waals surface area contributed by atoms with Gasteiger partial charge in [-0.25, -0.2) is 4.79 Å². The van der Waals surface area contributed by atoms with E-state index in [0.717, 1.165) is 30.6 Å². The first-order chi connectivity index (χ1) is 19.6. The van der Waals surface area contributed by atoms with Crippen molar-refractivity contribution >= 4 is 35.1 Å². The van der Waals surface area contributed by atoms with Gasteiger partial charge >= 0.3 is 6.03 Å². The van der Waals surface area contributed by atoms with Crippen LogP contribution in [0.2, 0.25) is 0 Å². The first kappa shape index (κ1) is 33.5. The molecule has 3 rings (SSSR count). The van der Waals surface area contributed by atoms with Gasteiger partial charge in [-0.05, 0) is 76.1 Å². The molecule has 1 aliphatic carbocycles. The first-order valence-corrected chi connectivity index (χ1v) is 16.7. The van der Waals surface area contributed by atoms with Gasteiger partial charge in [0.05, 0.1) is 16.2 Å². The van der Waals surface area contributed by atoms with Crippen molar-refractivity contribution in [1.82, 2.24) is 10.2 Å². The fourth-order valence-corrected chi connectivity index (χ4v) is 8.45. The number of ether oxygens (including phenoxy) is 1. The minimum absolute atomic E-state index is 0.0817. The molecule has 1 aromatic rings. The van der Waals surface area contributed by atoms with Crippen LogP contribution in [0.25, 0.3) is 0 Å². The number of nitrogens with zero attached hydrogens (tertiary/aromatic N) is 1. The molecule has 1 saturated carbocycles. The van der Waals surface area contributed by atoms with E-state index in [-0.39, 0.29) is 39.5 Å². The van der Waals surface area contributed by atoms with Crippen molar-refractivity contribution in [3.8, 4) is 0 Å². The van der Waals surface area contributed by atoms with Crippen LogP contribution in [0.1, 0.15) is 86.5 Å². The van der Waals surface area contributed by atoms with Gasteiger partial charge in [0.15, 0.2) is 0 Å². The summed E-state index contributed by atoms with van der Waals surface area (Å²) in [5, 5.41) is 9.32. The van der Waals surface area contributed by atoms with Gasteiger partial charge in [-0.2, -0.15) is 0 Å². The fourth-order valence-electron chi connectivity index (χ4n) is 6.35. The van der Waals surface area contributed by atoms with Gasteiger partial charge in [0, 0.05) is 49.6 Å². The Bertz CT molecular complexity index is 979. The maximum absolute atomic E-state index is 13.5. The Balaban J connectivity index is 1.47. The summed E-state index contributed by atoms with van der Waals surface area (Å²) < 4.78 is 5.85. The van der Waals surface area contributed by atoms with E-state index in [4.69, 9.17) is 10.5 Å². The van der Waals surface area contributed by atoms with Crippen LogP contribution < -0.4 is 21.7 Å². The summed E-state index contributed by atoms with van der Waals surface area (Å²) in [6.45, 7) is 16.1. The summed E-state index contributed by atoms with van der Waals surface area (Å²) in [7, 11) is 0. The SMILES string of the molecule is CCCCCCC(C)CNC(=O)Nc1ccc(NCC(C)C2SC3(CC3(CN)CC(C)OCC)N(CC)C2=O)cc1. The predicted octanol–water partition coefficient (Wildman–Crippen LogP) is 6.29. The molecular formula is C32H55N5O3S. The molecule has 3 amide bonds. The van der Waals surface area contributed by atoms with Crippen molar-refractivity contribution < 1.29 is 14.3 Å². The summed E-state index contributed by atoms with van der Waals surface area (Å²) >= 11 is 1.82. The Morgan fingerprint density at radius 1 is 1.10 bits per heavy atom. The Labute approximate surface area is 252 Å². The zero-order valence-corrected chi connectivity index (χ0v) is 27.1. The zero-order valence-electron chi connectivity index (χ0n) is 26.3. The van der Waals surface area contributed by atoms with E-state index >= 15 is 0 Å². The second-order valence-corrected chi connectivity index (χ2v) is 13.7. The lowest BCUT2D eigenvalue weighted by molar-refractivity contribution is -0.131. The van der Waals surface area contributed by atoms with E-state index in [1.165, 1.54) is 25.7 Å². The zero-order chi connectivity index (χ0) is 30.0. The number of carbonyl (C=O) groups is 2. The number of rotatable bonds is 18. The Morgan fingerprint density at radius 3 is 2.44 bits per heavy atom. The van der Waals surface area contributed by atoms with Crippen LogP contribution in [-0.4, -0.2) is 65.8 Å². The van der Waals surface area contributed by atoms with Gasteiger partial charge in [0.2, 0.25) is 5.91 Å². The van der Waals surface area contributed by atoms with Crippen molar-refractivity contribution in [3.63, 3.8) is 0 Å². The molecule has 2 aliphatic rings. The minimum atomic E-state index is -0.210. The summed E-state index contributed by atoms with van der Waals surface area (Å²) in [6.07, 6.45) is 8.10. The number of nitrogens with two attached hydrogens (primary N) is 1. The third kappa shape index (κ3) is 8.32. The average Bonchev–Trinajstić information content (AvgIpc) is 3.48. The van der Waals surface area contributed by atoms with E-state index in [9.17, 15) is 9.59 Å². The van der Waals surface area contributed by atoms with Crippen LogP contribution in [0.5, 0.6) is 0 Å². The van der Waals surface area contributed by atoms with E-state index in [0.29, 0.717) is 38.7 Å². The Morgan fingerprint density at radius 2 is 1.80 bits per heavy atom. The van der Waals surface area contributed by atoms with E-state index < -0.39 is 0 Å². The highest BCUT2D eigenvalue weighted by Crippen LogP contribution is 2.72. The second-order valence-electron chi connectivity index (χ2n) is 12.3. The molecule has 2 fully saturated rings. The van der Waals surface area contributed by atoms with Gasteiger partial charge in [-0.1, -0.05) is 46.5 Å². The van der Waals surface area contributed by atoms with Crippen LogP contribution in [-0.2, 0) is 9.53 Å². The Hall–Kier alpha value is -1.97. The number of hydrogen-bond donors (Lipinski definition) is 4. The Kier molecular flexibility index (Phi) is 12.7. The first-order valence-electron chi connectivity index (χ1n) is 15.8. The molecule has 6 atom stereocenters. The van der Waals surface area contributed by atoms with E-state index in [1.807, 2.05) is 43.0 Å². The lowest BCUT2D eigenvalue weighted by Gasteiger charge is -2.30. The molecule has 1 spiro atoms. The number of amides is 3. The number of hydrogen-bond acceptors (Lipinski definition) is 6. The molecule has 5 N–H and O–H groups in total. The van der Waals surface area contributed by atoms with Gasteiger partial charge in [0.25, 0.3) is 0 Å². The van der Waals surface area contributed by atoms with E-state index in [2.05, 4.69) is 55.5 Å². The molecule has 0 radical (unpaired) electrons. The third-order valence-corrected chi connectivity index (χ3v) is 10.9. The van der Waals surface area contributed by atoms with Gasteiger partial charge < -0.3 is 31.3 Å². The quantitative estimate of drug-likeness (QED) is 0.150. The predicted molar refractivity (Wildman–Crippen MR) is 172 cm³/mol. The van der Waals surface area contributed by atoms with Crippen LogP contribution in [0, 0.1) is 17.3 Å². The summed E-state index contributed by atoms with van der Waals surface area (Å²) in [5.74, 6) is 0.849. The normalized spacial score (nSPS) is 25.7. The van der Waals surface area contributed by atoms with Crippen LogP contribution in [0.4, 0.5) is 16.2 Å². The summed E-state index contributed by atoms with van der Waals surface area (Å²) in [6, 6.07) is 7.58. The fraction of sp³-hybridized carbons (Fsp3) is 0.750. The molecule has 9 heteroatoms. The van der Waals surface area contributed by atoms with Crippen LogP contribution >= 0.6 is 11.8 Å². The number of thioether (sulfide) groups is 1. The van der Waals surface area contributed by atoms with Crippen molar-refractivity contribution in [2.75, 3.05) is 43.4 Å². The summed E-state index contributed by atoms with van der Waals surface area (Å²) in [4.78, 5) is 27.8. The molecule has 0 aromatic heterocycles. The second kappa shape index (κ2) is 15.5. The van der Waals surface area contributed by atoms with Gasteiger partial charge in [0.1, 0.15) is 0 Å². The molecule has 1 aromatic carbocycles. The highest BCUT2D eigenvalue weighted by atomic mass is 32.2. The highest BCUT2D eigenvalue weighted by Gasteiger charge is 2.75. The molecule has 1 aliphatic heterocycles. The minimum Gasteiger partial charge on any atom is -0.385 e. The highest BCUT2D eigenvalue weighted by molar-refractivity contribution is 8.02. The molecule has 232 valence electrons. The van der Waals surface area contributed by atoms with Crippen LogP contribution in [0.3, 0.4) is 0 Å². The largest absolute Gasteiger partial charge is 0.385 e. The molecule has 1 heterocycles. The van der Waals surface area contributed by atoms with Gasteiger partial charge in [-0.3, -0.25) is 4.79 Å². The van der Waals surface area contributed by atoms with Crippen molar-refractivity contribution in [1.29, 1.82) is 0 Å². The van der Waals surface area contributed by atoms with Crippen molar-refractivity contribution in [2.45, 2.75) is 103 Å². The topological polar surface area (TPSA) is 109 Å². The van der Waals surface area contributed by atoms with Crippen molar-refractivity contribution in [2.24, 2.45) is 23.0 Å². The maximum Gasteiger partial charge on any atom is 0.319 e. The summed E-state index contributed by atoms with van der Waals surface area (Å²) in [5.41, 5.74) is 7.98. The lowest BCUT2D eigenvalue weighted by atomic mass is 9.97. The molecule has 6 unspecified atom stereocenters. The van der Waals surface area contributed by atoms with E-state index in [1.54, 1.807) is 0 Å². The van der Waals surface area contributed by atoms with Gasteiger partial charge in [-0.15, -0.1) is 11.8 Å². The maximum atomic E-state index is 13.5. The monoisotopic (exact) mass is 589 g/mol. The number of benzene rings is 1. The van der Waals surface area contributed by atoms with Crippen LogP contribution in [0.15, 0.2) is 24.3 Å². The molecule has 0 bridgehead atoms. The molecule has 1 saturated heterocycles. The number of anilines is 2. The molecule has 41 heavy (non-hydrogen) atoms. The standard InChI is InChI=1S/C32H55N5O3S/c1-7-10-11-12-13-23(4)19-35-30(39)36-27-16-14-26(15-17-27)34-20-24(5)28-29(38)37(8-2)32(41-28)21-31(32,22-33)18-25(6)40-9-3/h14-17,23-25,28,34H,7-13,18-22,33H2,1-6H3,(H2,35,36,39). The molecular weight excluding hydrogens is 534 g/mol. The lowest BCUT2D eigenvalue weighted by Crippen LogP contribution is -2.42. The number of nitrogens with one attached hydrogen (secondary N) is 3. The third-order valence-electron chi connectivity index (χ3n) is 8.83. The van der Waals surface area contributed by atoms with Crippen molar-refractivity contribution in [3.05, 3.63) is 24.3 Å². The number of unbranched alkanes of at least 4 members (excludes halogenated alkanes) is 3.